The Hall–Kier alpha value is -2.20. The maximum atomic E-state index is 5.49. The summed E-state index contributed by atoms with van der Waals surface area (Å²) in [5.41, 5.74) is 6.46. The monoisotopic (exact) mass is 359 g/mol. The number of ether oxygens (including phenoxy) is 1. The Morgan fingerprint density at radius 2 is 2.12 bits per heavy atom. The van der Waals surface area contributed by atoms with Crippen LogP contribution in [-0.4, -0.2) is 22.8 Å². The van der Waals surface area contributed by atoms with Crippen molar-refractivity contribution < 1.29 is 4.74 Å². The third-order valence-corrected chi connectivity index (χ3v) is 4.34. The molecule has 1 aliphatic rings. The average Bonchev–Trinajstić information content (AvgIpc) is 3.28. The van der Waals surface area contributed by atoms with Crippen molar-refractivity contribution in [3.63, 3.8) is 0 Å². The smallest absolute Gasteiger partial charge is 0.146 e. The predicted molar refractivity (Wildman–Crippen MR) is 106 cm³/mol. The lowest BCUT2D eigenvalue weighted by Crippen LogP contribution is -1.93. The van der Waals surface area contributed by atoms with Crippen molar-refractivity contribution in [2.45, 2.75) is 39.5 Å². The zero-order valence-corrected chi connectivity index (χ0v) is 15.9. The standard InChI is InChI=1S/C20H25N3O.ClH/c1-4-5-6-8-15-11-16(22-14(15)2)12-19-20(24-3)13-18(23-19)17-9-7-10-21-17;/h7,9-13,21-22H,4-6,8H2,1-3H3;1H/b19-12+;. The summed E-state index contributed by atoms with van der Waals surface area (Å²) in [4.78, 5) is 11.3. The Kier molecular flexibility index (Phi) is 6.71. The predicted octanol–water partition coefficient (Wildman–Crippen LogP) is 5.18. The fourth-order valence-corrected chi connectivity index (χ4v) is 2.99. The molecule has 2 N–H and O–H groups in total. The summed E-state index contributed by atoms with van der Waals surface area (Å²) in [7, 11) is 1.68. The van der Waals surface area contributed by atoms with E-state index in [1.807, 2.05) is 24.4 Å². The van der Waals surface area contributed by atoms with Gasteiger partial charge in [-0.3, -0.25) is 0 Å². The molecule has 0 radical (unpaired) electrons. The minimum absolute atomic E-state index is 0. The van der Waals surface area contributed by atoms with E-state index in [-0.39, 0.29) is 12.4 Å². The van der Waals surface area contributed by atoms with Gasteiger partial charge in [0.1, 0.15) is 11.5 Å². The number of aliphatic imine (C=N–C) groups is 1. The molecule has 134 valence electrons. The van der Waals surface area contributed by atoms with Crippen LogP contribution in [0.25, 0.3) is 6.08 Å². The molecular formula is C20H26ClN3O. The normalized spacial score (nSPS) is 15.1. The highest BCUT2D eigenvalue weighted by Crippen LogP contribution is 2.25. The molecule has 3 heterocycles. The van der Waals surface area contributed by atoms with E-state index in [1.54, 1.807) is 7.11 Å². The summed E-state index contributed by atoms with van der Waals surface area (Å²) >= 11 is 0. The number of halogens is 1. The van der Waals surface area contributed by atoms with Crippen LogP contribution >= 0.6 is 12.4 Å². The second-order valence-corrected chi connectivity index (χ2v) is 6.16. The molecule has 0 aromatic carbocycles. The molecule has 0 spiro atoms. The molecule has 0 atom stereocenters. The molecule has 1 aliphatic heterocycles. The van der Waals surface area contributed by atoms with E-state index in [2.05, 4.69) is 36.0 Å². The van der Waals surface area contributed by atoms with Gasteiger partial charge in [0, 0.05) is 23.7 Å². The highest BCUT2D eigenvalue weighted by atomic mass is 35.5. The Bertz CT molecular complexity index is 782. The molecule has 2 aromatic rings. The first-order chi connectivity index (χ1) is 11.7. The van der Waals surface area contributed by atoms with Crippen LogP contribution in [0.5, 0.6) is 0 Å². The summed E-state index contributed by atoms with van der Waals surface area (Å²) < 4.78 is 5.49. The Morgan fingerprint density at radius 3 is 2.80 bits per heavy atom. The summed E-state index contributed by atoms with van der Waals surface area (Å²) in [5.74, 6) is 0.791. The molecule has 5 heteroatoms. The highest BCUT2D eigenvalue weighted by Gasteiger charge is 2.17. The number of unbranched alkanes of at least 4 members (excludes halogenated alkanes) is 2. The number of hydrogen-bond acceptors (Lipinski definition) is 2. The summed E-state index contributed by atoms with van der Waals surface area (Å²) in [6.07, 6.45) is 10.8. The van der Waals surface area contributed by atoms with Crippen LogP contribution in [0.15, 0.2) is 46.9 Å². The van der Waals surface area contributed by atoms with E-state index in [0.29, 0.717) is 0 Å². The SMILES string of the molecule is CCCCCc1cc(/C=C2/N=C(c3ccc[nH]3)C=C2OC)[nH]c1C.Cl. The van der Waals surface area contributed by atoms with Crippen LogP contribution in [0.4, 0.5) is 0 Å². The molecule has 2 aromatic heterocycles. The first kappa shape index (κ1) is 19.1. The van der Waals surface area contributed by atoms with Crippen LogP contribution in [-0.2, 0) is 11.2 Å². The van der Waals surface area contributed by atoms with Crippen LogP contribution in [0.1, 0.15) is 48.8 Å². The number of methoxy groups -OCH3 is 1. The summed E-state index contributed by atoms with van der Waals surface area (Å²) in [6.45, 7) is 4.37. The van der Waals surface area contributed by atoms with E-state index in [9.17, 15) is 0 Å². The third kappa shape index (κ3) is 4.45. The van der Waals surface area contributed by atoms with E-state index in [1.165, 1.54) is 30.5 Å². The van der Waals surface area contributed by atoms with Gasteiger partial charge in [0.05, 0.1) is 18.5 Å². The van der Waals surface area contributed by atoms with Crippen molar-refractivity contribution in [3.05, 3.63) is 64.6 Å². The van der Waals surface area contributed by atoms with Gasteiger partial charge in [0.25, 0.3) is 0 Å². The number of nitrogens with zero attached hydrogens (tertiary/aromatic N) is 1. The van der Waals surface area contributed by atoms with Gasteiger partial charge in [-0.05, 0) is 49.6 Å². The van der Waals surface area contributed by atoms with Gasteiger partial charge in [-0.15, -0.1) is 12.4 Å². The number of allylic oxidation sites excluding steroid dienone is 1. The molecule has 0 aliphatic carbocycles. The first-order valence-electron chi connectivity index (χ1n) is 8.60. The fraction of sp³-hybridized carbons (Fsp3) is 0.350. The minimum atomic E-state index is 0. The number of H-pyrrole nitrogens is 2. The number of aromatic amines is 2. The molecule has 0 saturated heterocycles. The second-order valence-electron chi connectivity index (χ2n) is 6.16. The maximum Gasteiger partial charge on any atom is 0.146 e. The largest absolute Gasteiger partial charge is 0.494 e. The van der Waals surface area contributed by atoms with Crippen LogP contribution in [0.3, 0.4) is 0 Å². The molecule has 0 fully saturated rings. The van der Waals surface area contributed by atoms with E-state index in [0.717, 1.165) is 35.0 Å². The van der Waals surface area contributed by atoms with Crippen molar-refractivity contribution in [2.24, 2.45) is 4.99 Å². The topological polar surface area (TPSA) is 53.2 Å². The molecule has 0 unspecified atom stereocenters. The maximum absolute atomic E-state index is 5.49. The lowest BCUT2D eigenvalue weighted by molar-refractivity contribution is 0.303. The van der Waals surface area contributed by atoms with Crippen molar-refractivity contribution in [3.8, 4) is 0 Å². The van der Waals surface area contributed by atoms with Gasteiger partial charge in [-0.25, -0.2) is 4.99 Å². The third-order valence-electron chi connectivity index (χ3n) is 4.34. The number of aromatic nitrogens is 2. The molecule has 25 heavy (non-hydrogen) atoms. The zero-order chi connectivity index (χ0) is 16.9. The highest BCUT2D eigenvalue weighted by molar-refractivity contribution is 6.11. The lowest BCUT2D eigenvalue weighted by Gasteiger charge is -2.00. The van der Waals surface area contributed by atoms with Crippen molar-refractivity contribution in [1.82, 2.24) is 9.97 Å². The van der Waals surface area contributed by atoms with Crippen LogP contribution in [0.2, 0.25) is 0 Å². The number of rotatable bonds is 7. The minimum Gasteiger partial charge on any atom is -0.494 e. The fourth-order valence-electron chi connectivity index (χ4n) is 2.99. The van der Waals surface area contributed by atoms with Gasteiger partial charge in [-0.1, -0.05) is 19.8 Å². The lowest BCUT2D eigenvalue weighted by atomic mass is 10.1. The van der Waals surface area contributed by atoms with Crippen molar-refractivity contribution in [2.75, 3.05) is 7.11 Å². The van der Waals surface area contributed by atoms with Gasteiger partial charge < -0.3 is 14.7 Å². The Morgan fingerprint density at radius 1 is 1.28 bits per heavy atom. The quantitative estimate of drug-likeness (QED) is 0.657. The van der Waals surface area contributed by atoms with Gasteiger partial charge in [-0.2, -0.15) is 0 Å². The van der Waals surface area contributed by atoms with E-state index in [4.69, 9.17) is 9.73 Å². The second kappa shape index (κ2) is 8.77. The molecular weight excluding hydrogens is 334 g/mol. The van der Waals surface area contributed by atoms with Gasteiger partial charge in [0.2, 0.25) is 0 Å². The molecule has 0 bridgehead atoms. The van der Waals surface area contributed by atoms with Crippen molar-refractivity contribution >= 4 is 24.2 Å². The Labute approximate surface area is 155 Å². The number of aryl methyl sites for hydroxylation is 2. The van der Waals surface area contributed by atoms with Crippen LogP contribution in [0, 0.1) is 6.92 Å². The van der Waals surface area contributed by atoms with Crippen LogP contribution < -0.4 is 0 Å². The van der Waals surface area contributed by atoms with E-state index >= 15 is 0 Å². The molecule has 4 nitrogen and oxygen atoms in total. The van der Waals surface area contributed by atoms with E-state index < -0.39 is 0 Å². The number of hydrogen-bond donors (Lipinski definition) is 2. The molecule has 0 amide bonds. The zero-order valence-electron chi connectivity index (χ0n) is 15.1. The van der Waals surface area contributed by atoms with Gasteiger partial charge >= 0.3 is 0 Å². The molecule has 0 saturated carbocycles. The average molecular weight is 360 g/mol. The first-order valence-corrected chi connectivity index (χ1v) is 8.60. The summed E-state index contributed by atoms with van der Waals surface area (Å²) in [6, 6.07) is 6.21. The van der Waals surface area contributed by atoms with Crippen molar-refractivity contribution in [1.29, 1.82) is 0 Å². The summed E-state index contributed by atoms with van der Waals surface area (Å²) in [5, 5.41) is 0. The molecule has 3 rings (SSSR count). The Balaban J connectivity index is 0.00000225. The van der Waals surface area contributed by atoms with Gasteiger partial charge in [0.15, 0.2) is 0 Å². The number of nitrogens with one attached hydrogen (secondary N) is 2.